The highest BCUT2D eigenvalue weighted by Gasteiger charge is 2.15. The summed E-state index contributed by atoms with van der Waals surface area (Å²) in [5.74, 6) is 6.62. The van der Waals surface area contributed by atoms with E-state index in [0.29, 0.717) is 12.1 Å². The van der Waals surface area contributed by atoms with E-state index in [1.54, 1.807) is 18.0 Å². The molecule has 2 heterocycles. The predicted molar refractivity (Wildman–Crippen MR) is 59.5 cm³/mol. The molecule has 0 amide bonds. The molecule has 0 radical (unpaired) electrons. The molecule has 1 atom stereocenters. The quantitative estimate of drug-likeness (QED) is 0.346. The van der Waals surface area contributed by atoms with Crippen LogP contribution in [0.3, 0.4) is 0 Å². The van der Waals surface area contributed by atoms with Crippen molar-refractivity contribution in [2.45, 2.75) is 24.0 Å². The van der Waals surface area contributed by atoms with Crippen molar-refractivity contribution in [2.24, 2.45) is 5.84 Å². The van der Waals surface area contributed by atoms with Crippen molar-refractivity contribution >= 4 is 17.7 Å². The highest BCUT2D eigenvalue weighted by molar-refractivity contribution is 7.99. The Bertz CT molecular complexity index is 317. The van der Waals surface area contributed by atoms with Gasteiger partial charge in [-0.3, -0.25) is 5.43 Å². The van der Waals surface area contributed by atoms with Crippen LogP contribution < -0.4 is 11.3 Å². The van der Waals surface area contributed by atoms with Crippen LogP contribution >= 0.6 is 11.8 Å². The first kappa shape index (κ1) is 10.7. The number of rotatable bonds is 4. The summed E-state index contributed by atoms with van der Waals surface area (Å²) in [7, 11) is 0. The van der Waals surface area contributed by atoms with E-state index in [0.717, 1.165) is 23.8 Å². The van der Waals surface area contributed by atoms with E-state index < -0.39 is 0 Å². The van der Waals surface area contributed by atoms with Gasteiger partial charge in [0, 0.05) is 18.6 Å². The Kier molecular flexibility index (Phi) is 3.76. The van der Waals surface area contributed by atoms with Crippen molar-refractivity contribution in [1.29, 1.82) is 0 Å². The van der Waals surface area contributed by atoms with Crippen molar-refractivity contribution in [3.8, 4) is 0 Å². The summed E-state index contributed by atoms with van der Waals surface area (Å²) in [5.41, 5.74) is 2.43. The van der Waals surface area contributed by atoms with E-state index in [9.17, 15) is 0 Å². The Hall–Kier alpha value is -0.850. The maximum absolute atomic E-state index is 5.53. The average molecular weight is 226 g/mol. The predicted octanol–water partition coefficient (Wildman–Crippen LogP) is 1.03. The number of aromatic nitrogens is 2. The van der Waals surface area contributed by atoms with Crippen LogP contribution in [-0.4, -0.2) is 28.4 Å². The minimum Gasteiger partial charge on any atom is -0.377 e. The number of nitrogens with two attached hydrogens (primary N) is 1. The van der Waals surface area contributed by atoms with Gasteiger partial charge in [-0.05, 0) is 18.9 Å². The number of nitrogen functional groups attached to an aromatic ring is 1. The topological polar surface area (TPSA) is 73.1 Å². The molecule has 3 N–H and O–H groups in total. The van der Waals surface area contributed by atoms with Crippen LogP contribution in [0.4, 0.5) is 5.95 Å². The second-order valence-corrected chi connectivity index (χ2v) is 4.35. The van der Waals surface area contributed by atoms with E-state index in [1.807, 2.05) is 6.07 Å². The zero-order valence-electron chi connectivity index (χ0n) is 8.35. The molecule has 1 aromatic heterocycles. The lowest BCUT2D eigenvalue weighted by atomic mass is 10.3. The highest BCUT2D eigenvalue weighted by atomic mass is 32.2. The van der Waals surface area contributed by atoms with Crippen molar-refractivity contribution < 1.29 is 4.74 Å². The molecule has 1 aliphatic heterocycles. The van der Waals surface area contributed by atoms with Gasteiger partial charge in [0.15, 0.2) is 0 Å². The summed E-state index contributed by atoms with van der Waals surface area (Å²) in [6.07, 6.45) is 4.39. The molecule has 6 heteroatoms. The monoisotopic (exact) mass is 226 g/mol. The molecular formula is C9H14N4OS. The van der Waals surface area contributed by atoms with Gasteiger partial charge in [0.05, 0.1) is 6.10 Å². The summed E-state index contributed by atoms with van der Waals surface area (Å²) in [6, 6.07) is 1.88. The number of anilines is 1. The third kappa shape index (κ3) is 3.05. The minimum absolute atomic E-state index is 0.374. The van der Waals surface area contributed by atoms with Crippen molar-refractivity contribution in [3.05, 3.63) is 12.3 Å². The molecule has 0 saturated carbocycles. The fraction of sp³-hybridized carbons (Fsp3) is 0.556. The first-order valence-electron chi connectivity index (χ1n) is 4.92. The molecule has 1 unspecified atom stereocenters. The third-order valence-electron chi connectivity index (χ3n) is 2.20. The third-order valence-corrected chi connectivity index (χ3v) is 3.26. The Morgan fingerprint density at radius 2 is 2.60 bits per heavy atom. The summed E-state index contributed by atoms with van der Waals surface area (Å²) >= 11 is 1.68. The second kappa shape index (κ2) is 5.29. The second-order valence-electron chi connectivity index (χ2n) is 3.31. The number of hydrogen-bond acceptors (Lipinski definition) is 6. The number of nitrogens with one attached hydrogen (secondary N) is 1. The zero-order valence-corrected chi connectivity index (χ0v) is 9.17. The Morgan fingerprint density at radius 1 is 1.67 bits per heavy atom. The van der Waals surface area contributed by atoms with Crippen LogP contribution in [-0.2, 0) is 4.74 Å². The van der Waals surface area contributed by atoms with E-state index in [1.165, 1.54) is 6.42 Å². The maximum atomic E-state index is 5.53. The molecule has 0 spiro atoms. The molecule has 1 fully saturated rings. The van der Waals surface area contributed by atoms with E-state index >= 15 is 0 Å². The Morgan fingerprint density at radius 3 is 3.33 bits per heavy atom. The van der Waals surface area contributed by atoms with Crippen LogP contribution in [0.2, 0.25) is 0 Å². The summed E-state index contributed by atoms with van der Waals surface area (Å²) in [5, 5.41) is 0.924. The molecular weight excluding hydrogens is 212 g/mol. The van der Waals surface area contributed by atoms with Gasteiger partial charge in [-0.1, -0.05) is 0 Å². The lowest BCUT2D eigenvalue weighted by Crippen LogP contribution is -2.11. The number of hydrazine groups is 1. The SMILES string of the molecule is NNc1nccc(SCC2CCCO2)n1. The largest absolute Gasteiger partial charge is 0.377 e. The van der Waals surface area contributed by atoms with Gasteiger partial charge < -0.3 is 4.74 Å². The van der Waals surface area contributed by atoms with Gasteiger partial charge in [0.1, 0.15) is 5.03 Å². The molecule has 15 heavy (non-hydrogen) atoms. The zero-order chi connectivity index (χ0) is 10.5. The maximum Gasteiger partial charge on any atom is 0.238 e. The van der Waals surface area contributed by atoms with Crippen molar-refractivity contribution in [2.75, 3.05) is 17.8 Å². The summed E-state index contributed by atoms with van der Waals surface area (Å²) in [4.78, 5) is 8.16. The van der Waals surface area contributed by atoms with Crippen molar-refractivity contribution in [1.82, 2.24) is 9.97 Å². The smallest absolute Gasteiger partial charge is 0.238 e. The normalized spacial score (nSPS) is 20.5. The van der Waals surface area contributed by atoms with Crippen LogP contribution in [0.15, 0.2) is 17.3 Å². The van der Waals surface area contributed by atoms with Gasteiger partial charge in [-0.15, -0.1) is 11.8 Å². The number of nitrogens with zero attached hydrogens (tertiary/aromatic N) is 2. The average Bonchev–Trinajstić information content (AvgIpc) is 2.79. The summed E-state index contributed by atoms with van der Waals surface area (Å²) < 4.78 is 5.53. The Labute approximate surface area is 92.8 Å². The van der Waals surface area contributed by atoms with Gasteiger partial charge in [0.25, 0.3) is 0 Å². The van der Waals surface area contributed by atoms with Crippen LogP contribution in [0.1, 0.15) is 12.8 Å². The minimum atomic E-state index is 0.374. The molecule has 82 valence electrons. The molecule has 1 aliphatic rings. The molecule has 0 bridgehead atoms. The summed E-state index contributed by atoms with van der Waals surface area (Å²) in [6.45, 7) is 0.893. The van der Waals surface area contributed by atoms with Gasteiger partial charge in [0.2, 0.25) is 5.95 Å². The molecule has 0 aliphatic carbocycles. The number of ether oxygens (including phenoxy) is 1. The van der Waals surface area contributed by atoms with E-state index in [4.69, 9.17) is 10.6 Å². The lowest BCUT2D eigenvalue weighted by Gasteiger charge is -2.08. The molecule has 1 saturated heterocycles. The van der Waals surface area contributed by atoms with Gasteiger partial charge in [-0.2, -0.15) is 0 Å². The van der Waals surface area contributed by atoms with Crippen LogP contribution in [0.5, 0.6) is 0 Å². The van der Waals surface area contributed by atoms with Gasteiger partial charge >= 0.3 is 0 Å². The molecule has 5 nitrogen and oxygen atoms in total. The van der Waals surface area contributed by atoms with Crippen LogP contribution in [0, 0.1) is 0 Å². The van der Waals surface area contributed by atoms with E-state index in [2.05, 4.69) is 15.4 Å². The van der Waals surface area contributed by atoms with Gasteiger partial charge in [-0.25, -0.2) is 15.8 Å². The van der Waals surface area contributed by atoms with Crippen molar-refractivity contribution in [3.63, 3.8) is 0 Å². The Balaban J connectivity index is 1.86. The fourth-order valence-electron chi connectivity index (χ4n) is 1.45. The first-order valence-corrected chi connectivity index (χ1v) is 5.91. The fourth-order valence-corrected chi connectivity index (χ4v) is 2.37. The molecule has 0 aromatic carbocycles. The lowest BCUT2D eigenvalue weighted by molar-refractivity contribution is 0.129. The number of thioether (sulfide) groups is 1. The first-order chi connectivity index (χ1) is 7.38. The number of hydrogen-bond donors (Lipinski definition) is 2. The molecule has 1 aromatic rings. The van der Waals surface area contributed by atoms with Crippen LogP contribution in [0.25, 0.3) is 0 Å². The van der Waals surface area contributed by atoms with E-state index in [-0.39, 0.29) is 0 Å². The molecule has 2 rings (SSSR count). The highest BCUT2D eigenvalue weighted by Crippen LogP contribution is 2.22. The standard InChI is InChI=1S/C9H14N4OS/c10-13-9-11-4-3-8(12-9)15-6-7-2-1-5-14-7/h3-4,7H,1-2,5-6,10H2,(H,11,12,13).